The molecule has 0 radical (unpaired) electrons. The molecule has 86 valence electrons. The minimum Gasteiger partial charge on any atom is -0.481 e. The Morgan fingerprint density at radius 1 is 1.27 bits per heavy atom. The molecular weight excluding hydrogens is 198 g/mol. The molecule has 0 aromatic heterocycles. The van der Waals surface area contributed by atoms with Crippen molar-refractivity contribution < 1.29 is 19.8 Å². The lowest BCUT2D eigenvalue weighted by atomic mass is 10.1. The van der Waals surface area contributed by atoms with Crippen molar-refractivity contribution in [2.75, 3.05) is 0 Å². The fourth-order valence-electron chi connectivity index (χ4n) is 1.92. The van der Waals surface area contributed by atoms with Crippen LogP contribution in [0.2, 0.25) is 0 Å². The predicted molar refractivity (Wildman–Crippen MR) is 53.7 cm³/mol. The Labute approximate surface area is 88.5 Å². The van der Waals surface area contributed by atoms with E-state index in [4.69, 9.17) is 10.2 Å². The van der Waals surface area contributed by atoms with Gasteiger partial charge in [-0.3, -0.25) is 9.59 Å². The molecule has 0 bridgehead atoms. The van der Waals surface area contributed by atoms with Crippen LogP contribution in [0.25, 0.3) is 0 Å². The van der Waals surface area contributed by atoms with E-state index in [0.717, 1.165) is 25.7 Å². The number of hydrogen-bond acceptors (Lipinski definition) is 3. The molecule has 1 aliphatic carbocycles. The van der Waals surface area contributed by atoms with E-state index >= 15 is 0 Å². The molecule has 0 spiro atoms. The molecule has 0 aromatic rings. The summed E-state index contributed by atoms with van der Waals surface area (Å²) in [4.78, 5) is 21.2. The number of carboxylic acids is 2. The van der Waals surface area contributed by atoms with Crippen molar-refractivity contribution in [1.82, 2.24) is 5.32 Å². The number of carboxylic acid groups (broad SMARTS) is 2. The smallest absolute Gasteiger partial charge is 0.320 e. The van der Waals surface area contributed by atoms with Crippen molar-refractivity contribution >= 4 is 11.9 Å². The highest BCUT2D eigenvalue weighted by Gasteiger charge is 2.24. The van der Waals surface area contributed by atoms with Gasteiger partial charge in [0, 0.05) is 12.5 Å². The standard InChI is InChI=1S/C10H17NO4/c12-9(13)6-5-8(10(14)15)11-7-3-1-2-4-7/h7-8,11H,1-6H2,(H,12,13)(H,14,15)/t8-/m0/s1. The Morgan fingerprint density at radius 3 is 2.33 bits per heavy atom. The molecule has 0 saturated heterocycles. The van der Waals surface area contributed by atoms with Crippen LogP contribution in [-0.2, 0) is 9.59 Å². The van der Waals surface area contributed by atoms with E-state index in [2.05, 4.69) is 5.32 Å². The van der Waals surface area contributed by atoms with Gasteiger partial charge in [-0.25, -0.2) is 0 Å². The lowest BCUT2D eigenvalue weighted by Gasteiger charge is -2.18. The molecule has 0 aliphatic heterocycles. The van der Waals surface area contributed by atoms with Crippen LogP contribution in [0.1, 0.15) is 38.5 Å². The molecule has 0 heterocycles. The van der Waals surface area contributed by atoms with E-state index in [9.17, 15) is 9.59 Å². The van der Waals surface area contributed by atoms with Gasteiger partial charge in [0.25, 0.3) is 0 Å². The van der Waals surface area contributed by atoms with Crippen LogP contribution in [0.5, 0.6) is 0 Å². The summed E-state index contributed by atoms with van der Waals surface area (Å²) in [5.41, 5.74) is 0. The van der Waals surface area contributed by atoms with Crippen molar-refractivity contribution in [3.8, 4) is 0 Å². The van der Waals surface area contributed by atoms with Crippen LogP contribution >= 0.6 is 0 Å². The summed E-state index contributed by atoms with van der Waals surface area (Å²) in [7, 11) is 0. The van der Waals surface area contributed by atoms with Gasteiger partial charge in [-0.15, -0.1) is 0 Å². The zero-order valence-corrected chi connectivity index (χ0v) is 8.61. The molecule has 0 amide bonds. The van der Waals surface area contributed by atoms with Gasteiger partial charge in [-0.05, 0) is 19.3 Å². The van der Waals surface area contributed by atoms with Crippen LogP contribution in [0.3, 0.4) is 0 Å². The van der Waals surface area contributed by atoms with Gasteiger partial charge < -0.3 is 15.5 Å². The van der Waals surface area contributed by atoms with Crippen LogP contribution < -0.4 is 5.32 Å². The number of hydrogen-bond donors (Lipinski definition) is 3. The largest absolute Gasteiger partial charge is 0.481 e. The summed E-state index contributed by atoms with van der Waals surface area (Å²) >= 11 is 0. The number of rotatable bonds is 6. The Kier molecular flexibility index (Phi) is 4.55. The molecule has 1 atom stereocenters. The van der Waals surface area contributed by atoms with Crippen LogP contribution in [0, 0.1) is 0 Å². The highest BCUT2D eigenvalue weighted by Crippen LogP contribution is 2.18. The van der Waals surface area contributed by atoms with Crippen molar-refractivity contribution in [2.45, 2.75) is 50.6 Å². The first kappa shape index (κ1) is 12.0. The summed E-state index contributed by atoms with van der Waals surface area (Å²) in [6, 6.07) is -0.468. The van der Waals surface area contributed by atoms with Crippen molar-refractivity contribution in [3.05, 3.63) is 0 Å². The van der Waals surface area contributed by atoms with Crippen LogP contribution in [0.4, 0.5) is 0 Å². The first-order valence-corrected chi connectivity index (χ1v) is 5.30. The first-order valence-electron chi connectivity index (χ1n) is 5.30. The van der Waals surface area contributed by atoms with Gasteiger partial charge in [0.05, 0.1) is 0 Å². The molecule has 1 aliphatic rings. The summed E-state index contributed by atoms with van der Waals surface area (Å²) < 4.78 is 0. The molecule has 0 aromatic carbocycles. The minimum atomic E-state index is -0.955. The second-order valence-electron chi connectivity index (χ2n) is 3.97. The monoisotopic (exact) mass is 215 g/mol. The topological polar surface area (TPSA) is 86.6 Å². The Balaban J connectivity index is 2.35. The second-order valence-corrected chi connectivity index (χ2v) is 3.97. The Bertz CT molecular complexity index is 236. The van der Waals surface area contributed by atoms with Gasteiger partial charge in [0.15, 0.2) is 0 Å². The van der Waals surface area contributed by atoms with Crippen molar-refractivity contribution in [1.29, 1.82) is 0 Å². The molecular formula is C10H17NO4. The fourth-order valence-corrected chi connectivity index (χ4v) is 1.92. The predicted octanol–water partition coefficient (Wildman–Crippen LogP) is 0.837. The summed E-state index contributed by atoms with van der Waals surface area (Å²) in [6.45, 7) is 0. The van der Waals surface area contributed by atoms with Gasteiger partial charge >= 0.3 is 11.9 Å². The third-order valence-corrected chi connectivity index (χ3v) is 2.74. The van der Waals surface area contributed by atoms with Crippen LogP contribution in [-0.4, -0.2) is 34.2 Å². The van der Waals surface area contributed by atoms with E-state index in [0.29, 0.717) is 0 Å². The first-order chi connectivity index (χ1) is 7.09. The molecule has 1 rings (SSSR count). The maximum atomic E-state index is 10.8. The molecule has 0 unspecified atom stereocenters. The molecule has 5 heteroatoms. The maximum Gasteiger partial charge on any atom is 0.320 e. The Morgan fingerprint density at radius 2 is 1.87 bits per heavy atom. The average Bonchev–Trinajstić information content (AvgIpc) is 2.63. The number of carbonyl (C=O) groups is 2. The lowest BCUT2D eigenvalue weighted by Crippen LogP contribution is -2.42. The van der Waals surface area contributed by atoms with Crippen molar-refractivity contribution in [3.63, 3.8) is 0 Å². The van der Waals surface area contributed by atoms with Gasteiger partial charge in [-0.1, -0.05) is 12.8 Å². The highest BCUT2D eigenvalue weighted by atomic mass is 16.4. The summed E-state index contributed by atoms with van der Waals surface area (Å²) in [6.07, 6.45) is 4.30. The average molecular weight is 215 g/mol. The normalized spacial score (nSPS) is 18.9. The Hall–Kier alpha value is -1.10. The molecule has 1 fully saturated rings. The van der Waals surface area contributed by atoms with Gasteiger partial charge in [0.1, 0.15) is 6.04 Å². The van der Waals surface area contributed by atoms with Crippen LogP contribution in [0.15, 0.2) is 0 Å². The molecule has 3 N–H and O–H groups in total. The van der Waals surface area contributed by atoms with Gasteiger partial charge in [-0.2, -0.15) is 0 Å². The third-order valence-electron chi connectivity index (χ3n) is 2.74. The molecule has 15 heavy (non-hydrogen) atoms. The lowest BCUT2D eigenvalue weighted by molar-refractivity contribution is -0.141. The van der Waals surface area contributed by atoms with E-state index in [1.807, 2.05) is 0 Å². The zero-order valence-electron chi connectivity index (χ0n) is 8.61. The van der Waals surface area contributed by atoms with E-state index in [1.54, 1.807) is 0 Å². The highest BCUT2D eigenvalue weighted by molar-refractivity contribution is 5.75. The van der Waals surface area contributed by atoms with Gasteiger partial charge in [0.2, 0.25) is 0 Å². The summed E-state index contributed by atoms with van der Waals surface area (Å²) in [5, 5.41) is 20.4. The number of nitrogens with one attached hydrogen (secondary N) is 1. The zero-order chi connectivity index (χ0) is 11.3. The van der Waals surface area contributed by atoms with E-state index in [1.165, 1.54) is 0 Å². The molecule has 5 nitrogen and oxygen atoms in total. The number of aliphatic carboxylic acids is 2. The van der Waals surface area contributed by atoms with E-state index < -0.39 is 18.0 Å². The van der Waals surface area contributed by atoms with Crippen molar-refractivity contribution in [2.24, 2.45) is 0 Å². The quantitative estimate of drug-likeness (QED) is 0.611. The maximum absolute atomic E-state index is 10.8. The minimum absolute atomic E-state index is 0.101. The van der Waals surface area contributed by atoms with E-state index in [-0.39, 0.29) is 18.9 Å². The SMILES string of the molecule is O=C(O)CC[C@H](NC1CCCC1)C(=O)O. The second kappa shape index (κ2) is 5.70. The molecule has 1 saturated carbocycles. The fraction of sp³-hybridized carbons (Fsp3) is 0.800. The summed E-state index contributed by atoms with van der Waals surface area (Å²) in [5.74, 6) is -1.90. The third kappa shape index (κ3) is 4.29.